The fraction of sp³-hybridized carbons (Fsp3) is 0.0500. The first-order valence-electron chi connectivity index (χ1n) is 7.78. The van der Waals surface area contributed by atoms with Crippen LogP contribution in [0.5, 0.6) is 0 Å². The summed E-state index contributed by atoms with van der Waals surface area (Å²) in [7, 11) is 0. The van der Waals surface area contributed by atoms with Crippen LogP contribution in [0, 0.1) is 0 Å². The first-order valence-corrected chi connectivity index (χ1v) is 7.78. The van der Waals surface area contributed by atoms with E-state index in [0.717, 1.165) is 22.2 Å². The van der Waals surface area contributed by atoms with Crippen molar-refractivity contribution in [3.8, 4) is 11.3 Å². The van der Waals surface area contributed by atoms with Gasteiger partial charge >= 0.3 is 0 Å². The smallest absolute Gasteiger partial charge is 0.181 e. The Morgan fingerprint density at radius 1 is 0.917 bits per heavy atom. The summed E-state index contributed by atoms with van der Waals surface area (Å²) in [5.74, 6) is 0.115. The minimum Gasteiger partial charge on any atom is -0.294 e. The van der Waals surface area contributed by atoms with Crippen molar-refractivity contribution in [2.24, 2.45) is 0 Å². The van der Waals surface area contributed by atoms with Gasteiger partial charge in [0.25, 0.3) is 0 Å². The van der Waals surface area contributed by atoms with Crippen molar-refractivity contribution < 1.29 is 4.79 Å². The molecule has 0 atom stereocenters. The highest BCUT2D eigenvalue weighted by Crippen LogP contribution is 2.25. The number of ketones is 1. The lowest BCUT2D eigenvalue weighted by Gasteiger charge is -2.04. The summed E-state index contributed by atoms with van der Waals surface area (Å²) in [4.78, 5) is 16.6. The number of H-pyrrole nitrogens is 1. The molecule has 0 saturated heterocycles. The minimum atomic E-state index is 0.115. The zero-order valence-electron chi connectivity index (χ0n) is 12.9. The highest BCUT2D eigenvalue weighted by molar-refractivity contribution is 5.98. The van der Waals surface area contributed by atoms with Gasteiger partial charge in [-0.05, 0) is 17.7 Å². The van der Waals surface area contributed by atoms with Gasteiger partial charge in [-0.25, -0.2) is 4.98 Å². The molecule has 0 spiro atoms. The normalized spacial score (nSPS) is 10.8. The maximum atomic E-state index is 12.4. The molecular formula is C20H15N3O. The third-order valence-electron chi connectivity index (χ3n) is 4.03. The predicted molar refractivity (Wildman–Crippen MR) is 93.8 cm³/mol. The number of pyridine rings is 1. The Bertz CT molecular complexity index is 988. The monoisotopic (exact) mass is 313 g/mol. The Kier molecular flexibility index (Phi) is 3.63. The van der Waals surface area contributed by atoms with Gasteiger partial charge in [0, 0.05) is 29.1 Å². The van der Waals surface area contributed by atoms with E-state index in [4.69, 9.17) is 0 Å². The average Bonchev–Trinajstić information content (AvgIpc) is 3.07. The van der Waals surface area contributed by atoms with E-state index in [1.165, 1.54) is 0 Å². The fourth-order valence-corrected chi connectivity index (χ4v) is 2.78. The molecule has 0 aliphatic rings. The number of benzene rings is 2. The molecule has 2 aromatic carbocycles. The summed E-state index contributed by atoms with van der Waals surface area (Å²) >= 11 is 0. The summed E-state index contributed by atoms with van der Waals surface area (Å²) in [6, 6.07) is 21.3. The van der Waals surface area contributed by atoms with Gasteiger partial charge in [-0.15, -0.1) is 0 Å². The number of carbonyl (C=O) groups is 1. The van der Waals surface area contributed by atoms with Gasteiger partial charge in [0.1, 0.15) is 0 Å². The van der Waals surface area contributed by atoms with Crippen LogP contribution in [-0.2, 0) is 6.42 Å². The molecule has 0 aliphatic carbocycles. The van der Waals surface area contributed by atoms with Crippen LogP contribution in [0.25, 0.3) is 22.3 Å². The number of hydrogen-bond acceptors (Lipinski definition) is 3. The van der Waals surface area contributed by atoms with E-state index >= 15 is 0 Å². The first kappa shape index (κ1) is 14.3. The molecule has 2 aromatic heterocycles. The molecule has 4 rings (SSSR count). The molecule has 116 valence electrons. The first-order chi connectivity index (χ1) is 11.8. The lowest BCUT2D eigenvalue weighted by molar-refractivity contribution is 0.0993. The van der Waals surface area contributed by atoms with Gasteiger partial charge in [0.05, 0.1) is 5.69 Å². The number of carbonyl (C=O) groups excluding carboxylic acids is 1. The number of nitrogens with one attached hydrogen (secondary N) is 1. The third kappa shape index (κ3) is 2.70. The quantitative estimate of drug-likeness (QED) is 0.578. The zero-order valence-corrected chi connectivity index (χ0v) is 12.9. The summed E-state index contributed by atoms with van der Waals surface area (Å²) in [5, 5.41) is 8.20. The van der Waals surface area contributed by atoms with Crippen LogP contribution >= 0.6 is 0 Å². The van der Waals surface area contributed by atoms with Crippen molar-refractivity contribution in [2.75, 3.05) is 0 Å². The second-order valence-electron chi connectivity index (χ2n) is 5.64. The standard InChI is InChI=1S/C20H15N3O/c24-18(13-14-5-2-1-3-6-14)15-8-10-16(11-9-15)19-17-7-4-12-21-20(17)23-22-19/h1-12H,13H2,(H,21,22,23). The number of rotatable bonds is 4. The number of aromatic amines is 1. The molecule has 0 aliphatic heterocycles. The Hall–Kier alpha value is -3.27. The fourth-order valence-electron chi connectivity index (χ4n) is 2.78. The molecule has 24 heavy (non-hydrogen) atoms. The summed E-state index contributed by atoms with van der Waals surface area (Å²) in [5.41, 5.74) is 4.33. The van der Waals surface area contributed by atoms with Gasteiger partial charge < -0.3 is 0 Å². The van der Waals surface area contributed by atoms with Crippen LogP contribution in [0.2, 0.25) is 0 Å². The van der Waals surface area contributed by atoms with Gasteiger partial charge in [0.2, 0.25) is 0 Å². The second-order valence-corrected chi connectivity index (χ2v) is 5.64. The van der Waals surface area contributed by atoms with Crippen LogP contribution in [0.3, 0.4) is 0 Å². The van der Waals surface area contributed by atoms with E-state index in [0.29, 0.717) is 17.6 Å². The molecule has 0 amide bonds. The Morgan fingerprint density at radius 2 is 1.71 bits per heavy atom. The van der Waals surface area contributed by atoms with Crippen molar-refractivity contribution in [3.63, 3.8) is 0 Å². The molecule has 4 nitrogen and oxygen atoms in total. The van der Waals surface area contributed by atoms with Crippen molar-refractivity contribution in [2.45, 2.75) is 6.42 Å². The van der Waals surface area contributed by atoms with E-state index in [-0.39, 0.29) is 5.78 Å². The SMILES string of the molecule is O=C(Cc1ccccc1)c1ccc(-c2[nH]nc3ncccc23)cc1. The molecule has 0 fully saturated rings. The van der Waals surface area contributed by atoms with Crippen LogP contribution in [0.1, 0.15) is 15.9 Å². The molecule has 1 N–H and O–H groups in total. The van der Waals surface area contributed by atoms with Crippen LogP contribution in [-0.4, -0.2) is 21.0 Å². The predicted octanol–water partition coefficient (Wildman–Crippen LogP) is 4.05. The Labute approximate surface area is 139 Å². The van der Waals surface area contributed by atoms with Gasteiger partial charge in [-0.3, -0.25) is 9.89 Å². The lowest BCUT2D eigenvalue weighted by atomic mass is 10.0. The molecule has 2 heterocycles. The third-order valence-corrected chi connectivity index (χ3v) is 4.03. The summed E-state index contributed by atoms with van der Waals surface area (Å²) < 4.78 is 0. The lowest BCUT2D eigenvalue weighted by Crippen LogP contribution is -2.03. The number of nitrogens with zero attached hydrogens (tertiary/aromatic N) is 2. The van der Waals surface area contributed by atoms with Crippen LogP contribution < -0.4 is 0 Å². The molecule has 0 radical (unpaired) electrons. The largest absolute Gasteiger partial charge is 0.294 e. The number of aromatic nitrogens is 3. The van der Waals surface area contributed by atoms with E-state index in [1.54, 1.807) is 6.20 Å². The van der Waals surface area contributed by atoms with E-state index in [9.17, 15) is 4.79 Å². The molecule has 0 unspecified atom stereocenters. The van der Waals surface area contributed by atoms with Crippen molar-refractivity contribution in [1.82, 2.24) is 15.2 Å². The van der Waals surface area contributed by atoms with Gasteiger partial charge in [0.15, 0.2) is 11.4 Å². The van der Waals surface area contributed by atoms with Gasteiger partial charge in [-0.1, -0.05) is 54.6 Å². The van der Waals surface area contributed by atoms with E-state index < -0.39 is 0 Å². The maximum absolute atomic E-state index is 12.4. The molecular weight excluding hydrogens is 298 g/mol. The zero-order chi connectivity index (χ0) is 16.4. The number of Topliss-reactive ketones (excluding diaryl/α,β-unsaturated/α-hetero) is 1. The molecule has 0 bridgehead atoms. The number of fused-ring (bicyclic) bond motifs is 1. The maximum Gasteiger partial charge on any atom is 0.181 e. The van der Waals surface area contributed by atoms with Crippen molar-refractivity contribution >= 4 is 16.8 Å². The average molecular weight is 313 g/mol. The highest BCUT2D eigenvalue weighted by Gasteiger charge is 2.10. The topological polar surface area (TPSA) is 58.6 Å². The minimum absolute atomic E-state index is 0.115. The van der Waals surface area contributed by atoms with Crippen molar-refractivity contribution in [3.05, 3.63) is 84.1 Å². The second kappa shape index (κ2) is 6.08. The highest BCUT2D eigenvalue weighted by atomic mass is 16.1. The van der Waals surface area contributed by atoms with Gasteiger partial charge in [-0.2, -0.15) is 5.10 Å². The Balaban J connectivity index is 1.60. The summed E-state index contributed by atoms with van der Waals surface area (Å²) in [6.07, 6.45) is 2.13. The van der Waals surface area contributed by atoms with Crippen LogP contribution in [0.4, 0.5) is 0 Å². The van der Waals surface area contributed by atoms with Crippen molar-refractivity contribution in [1.29, 1.82) is 0 Å². The summed E-state index contributed by atoms with van der Waals surface area (Å²) in [6.45, 7) is 0. The molecule has 4 heteroatoms. The van der Waals surface area contributed by atoms with E-state index in [1.807, 2.05) is 66.7 Å². The molecule has 0 saturated carbocycles. The Morgan fingerprint density at radius 3 is 2.50 bits per heavy atom. The number of hydrogen-bond donors (Lipinski definition) is 1. The van der Waals surface area contributed by atoms with Crippen LogP contribution in [0.15, 0.2) is 72.9 Å². The van der Waals surface area contributed by atoms with E-state index in [2.05, 4.69) is 15.2 Å². The molecule has 4 aromatic rings.